The molecule has 1 atom stereocenters. The first-order chi connectivity index (χ1) is 13.1. The van der Waals surface area contributed by atoms with Crippen LogP contribution in [0.4, 0.5) is 0 Å². The van der Waals surface area contributed by atoms with Gasteiger partial charge in [0.05, 0.1) is 0 Å². The highest BCUT2D eigenvalue weighted by Gasteiger charge is 2.10. The number of hydrogen-bond donors (Lipinski definition) is 0. The third-order valence-electron chi connectivity index (χ3n) is 3.58. The van der Waals surface area contributed by atoms with Crippen LogP contribution in [-0.4, -0.2) is 18.0 Å². The van der Waals surface area contributed by atoms with Gasteiger partial charge in [0.2, 0.25) is 0 Å². The van der Waals surface area contributed by atoms with Crippen LogP contribution in [0.3, 0.4) is 0 Å². The number of carbonyl (C=O) groups is 2. The van der Waals surface area contributed by atoms with Gasteiger partial charge in [0, 0.05) is 12.8 Å². The first kappa shape index (κ1) is 20.1. The SMILES string of the molecule is C#CC(C)OC(=O)CCCC(=O)OCc1cccc(Oc2ccccc2)c1. The molecular formula is C22H22O5. The molecule has 0 amide bonds. The second-order valence-corrected chi connectivity index (χ2v) is 5.88. The fourth-order valence-electron chi connectivity index (χ4n) is 2.23. The van der Waals surface area contributed by atoms with Gasteiger partial charge in [-0.1, -0.05) is 36.3 Å². The Hall–Kier alpha value is -3.26. The van der Waals surface area contributed by atoms with Crippen molar-refractivity contribution in [3.63, 3.8) is 0 Å². The molecule has 2 aromatic rings. The molecule has 5 nitrogen and oxygen atoms in total. The molecule has 0 heterocycles. The Labute approximate surface area is 159 Å². The highest BCUT2D eigenvalue weighted by Crippen LogP contribution is 2.22. The summed E-state index contributed by atoms with van der Waals surface area (Å²) < 4.78 is 15.9. The van der Waals surface area contributed by atoms with Crippen LogP contribution in [0.15, 0.2) is 54.6 Å². The zero-order chi connectivity index (χ0) is 19.5. The molecule has 0 radical (unpaired) electrons. The summed E-state index contributed by atoms with van der Waals surface area (Å²) >= 11 is 0. The van der Waals surface area contributed by atoms with Crippen molar-refractivity contribution >= 4 is 11.9 Å². The van der Waals surface area contributed by atoms with Crippen LogP contribution in [0.5, 0.6) is 11.5 Å². The lowest BCUT2D eigenvalue weighted by molar-refractivity contribution is -0.147. The van der Waals surface area contributed by atoms with E-state index in [-0.39, 0.29) is 25.4 Å². The Morgan fingerprint density at radius 2 is 1.70 bits per heavy atom. The van der Waals surface area contributed by atoms with Crippen molar-refractivity contribution in [2.75, 3.05) is 0 Å². The van der Waals surface area contributed by atoms with E-state index in [9.17, 15) is 9.59 Å². The van der Waals surface area contributed by atoms with Crippen molar-refractivity contribution in [2.45, 2.75) is 38.9 Å². The summed E-state index contributed by atoms with van der Waals surface area (Å²) in [5, 5.41) is 0. The molecule has 0 saturated carbocycles. The highest BCUT2D eigenvalue weighted by molar-refractivity contribution is 5.72. The maximum absolute atomic E-state index is 11.8. The molecule has 0 saturated heterocycles. The van der Waals surface area contributed by atoms with E-state index < -0.39 is 12.1 Å². The van der Waals surface area contributed by atoms with Gasteiger partial charge in [0.25, 0.3) is 0 Å². The van der Waals surface area contributed by atoms with Crippen molar-refractivity contribution in [2.24, 2.45) is 0 Å². The monoisotopic (exact) mass is 366 g/mol. The van der Waals surface area contributed by atoms with Crippen LogP contribution in [0, 0.1) is 12.3 Å². The number of hydrogen-bond acceptors (Lipinski definition) is 5. The average Bonchev–Trinajstić information content (AvgIpc) is 2.67. The van der Waals surface area contributed by atoms with E-state index in [1.165, 1.54) is 0 Å². The predicted molar refractivity (Wildman–Crippen MR) is 101 cm³/mol. The van der Waals surface area contributed by atoms with Crippen molar-refractivity contribution in [1.82, 2.24) is 0 Å². The number of rotatable bonds is 9. The number of para-hydroxylation sites is 1. The van der Waals surface area contributed by atoms with Gasteiger partial charge in [0.1, 0.15) is 18.1 Å². The van der Waals surface area contributed by atoms with Crippen molar-refractivity contribution in [1.29, 1.82) is 0 Å². The number of terminal acetylenes is 1. The van der Waals surface area contributed by atoms with Gasteiger partial charge < -0.3 is 14.2 Å². The van der Waals surface area contributed by atoms with Crippen molar-refractivity contribution in [3.8, 4) is 23.8 Å². The van der Waals surface area contributed by atoms with Gasteiger partial charge in [-0.3, -0.25) is 9.59 Å². The quantitative estimate of drug-likeness (QED) is 0.490. The Morgan fingerprint density at radius 3 is 2.44 bits per heavy atom. The summed E-state index contributed by atoms with van der Waals surface area (Å²) in [7, 11) is 0. The largest absolute Gasteiger partial charge is 0.461 e. The van der Waals surface area contributed by atoms with Crippen LogP contribution in [0.2, 0.25) is 0 Å². The summed E-state index contributed by atoms with van der Waals surface area (Å²) in [5.74, 6) is 2.92. The molecule has 1 unspecified atom stereocenters. The predicted octanol–water partition coefficient (Wildman–Crippen LogP) is 4.26. The van der Waals surface area contributed by atoms with Crippen LogP contribution in [0.25, 0.3) is 0 Å². The molecule has 0 N–H and O–H groups in total. The second-order valence-electron chi connectivity index (χ2n) is 5.88. The van der Waals surface area contributed by atoms with E-state index in [1.807, 2.05) is 54.6 Å². The van der Waals surface area contributed by atoms with Crippen molar-refractivity contribution in [3.05, 3.63) is 60.2 Å². The molecular weight excluding hydrogens is 344 g/mol. The second kappa shape index (κ2) is 10.7. The molecule has 0 aliphatic carbocycles. The van der Waals surface area contributed by atoms with E-state index in [0.717, 1.165) is 11.3 Å². The van der Waals surface area contributed by atoms with Crippen LogP contribution in [0.1, 0.15) is 31.7 Å². The Kier molecular flexibility index (Phi) is 7.92. The molecule has 0 aliphatic rings. The molecule has 2 aromatic carbocycles. The maximum atomic E-state index is 11.8. The topological polar surface area (TPSA) is 61.8 Å². The van der Waals surface area contributed by atoms with E-state index in [1.54, 1.807) is 6.92 Å². The summed E-state index contributed by atoms with van der Waals surface area (Å²) in [6.07, 6.45) is 5.19. The first-order valence-electron chi connectivity index (χ1n) is 8.70. The zero-order valence-corrected chi connectivity index (χ0v) is 15.2. The van der Waals surface area contributed by atoms with E-state index in [0.29, 0.717) is 12.2 Å². The van der Waals surface area contributed by atoms with Gasteiger partial charge in [-0.05, 0) is 43.2 Å². The maximum Gasteiger partial charge on any atom is 0.307 e. The van der Waals surface area contributed by atoms with E-state index in [2.05, 4.69) is 5.92 Å². The standard InChI is InChI=1S/C22H22O5/c1-3-17(2)26-22(24)14-8-13-21(23)25-16-18-9-7-12-20(15-18)27-19-10-5-4-6-11-19/h1,4-7,9-12,15,17H,8,13-14,16H2,2H3. The van der Waals surface area contributed by atoms with Gasteiger partial charge >= 0.3 is 11.9 Å². The minimum Gasteiger partial charge on any atom is -0.461 e. The van der Waals surface area contributed by atoms with Gasteiger partial charge in [0.15, 0.2) is 6.10 Å². The lowest BCUT2D eigenvalue weighted by atomic mass is 10.2. The lowest BCUT2D eigenvalue weighted by Gasteiger charge is -2.09. The number of benzene rings is 2. The van der Waals surface area contributed by atoms with Gasteiger partial charge in [-0.15, -0.1) is 6.42 Å². The van der Waals surface area contributed by atoms with E-state index >= 15 is 0 Å². The summed E-state index contributed by atoms with van der Waals surface area (Å²) in [4.78, 5) is 23.3. The highest BCUT2D eigenvalue weighted by atomic mass is 16.5. The van der Waals surface area contributed by atoms with Gasteiger partial charge in [-0.25, -0.2) is 0 Å². The average molecular weight is 366 g/mol. The molecule has 27 heavy (non-hydrogen) atoms. The minimum absolute atomic E-state index is 0.127. The minimum atomic E-state index is -0.560. The Balaban J connectivity index is 1.73. The van der Waals surface area contributed by atoms with Gasteiger partial charge in [-0.2, -0.15) is 0 Å². The van der Waals surface area contributed by atoms with Crippen molar-refractivity contribution < 1.29 is 23.8 Å². The molecule has 0 spiro atoms. The number of esters is 2. The third kappa shape index (κ3) is 7.66. The summed E-state index contributed by atoms with van der Waals surface area (Å²) in [6.45, 7) is 1.76. The normalized spacial score (nSPS) is 11.1. The molecule has 0 aliphatic heterocycles. The molecule has 140 valence electrons. The lowest BCUT2D eigenvalue weighted by Crippen LogP contribution is -2.13. The fourth-order valence-corrected chi connectivity index (χ4v) is 2.23. The van der Waals surface area contributed by atoms with Crippen LogP contribution in [-0.2, 0) is 25.7 Å². The smallest absolute Gasteiger partial charge is 0.307 e. The Bertz CT molecular complexity index is 792. The first-order valence-corrected chi connectivity index (χ1v) is 8.70. The molecule has 0 bridgehead atoms. The zero-order valence-electron chi connectivity index (χ0n) is 15.2. The number of carbonyl (C=O) groups excluding carboxylic acids is 2. The third-order valence-corrected chi connectivity index (χ3v) is 3.58. The summed E-state index contributed by atoms with van der Waals surface area (Å²) in [5.41, 5.74) is 0.819. The molecule has 0 aromatic heterocycles. The fraction of sp³-hybridized carbons (Fsp3) is 0.273. The van der Waals surface area contributed by atoms with E-state index in [4.69, 9.17) is 20.6 Å². The Morgan fingerprint density at radius 1 is 1.00 bits per heavy atom. The molecule has 2 rings (SSSR count). The van der Waals surface area contributed by atoms with Crippen LogP contribution >= 0.6 is 0 Å². The molecule has 5 heteroatoms. The number of ether oxygens (including phenoxy) is 3. The summed E-state index contributed by atoms with van der Waals surface area (Å²) in [6, 6.07) is 16.8. The van der Waals surface area contributed by atoms with Crippen LogP contribution < -0.4 is 4.74 Å². The molecule has 0 fully saturated rings.